The van der Waals surface area contributed by atoms with Crippen LogP contribution in [0.5, 0.6) is 0 Å². The summed E-state index contributed by atoms with van der Waals surface area (Å²) in [5.41, 5.74) is 2.79. The molecule has 0 saturated heterocycles. The number of aliphatic carboxylic acids is 1. The largest absolute Gasteiger partial charge is 0.480 e. The first kappa shape index (κ1) is 18.1. The Balaban J connectivity index is 2.57. The summed E-state index contributed by atoms with van der Waals surface area (Å²) in [6.07, 6.45) is -0.101. The van der Waals surface area contributed by atoms with Crippen LogP contribution in [0.15, 0.2) is 18.2 Å². The van der Waals surface area contributed by atoms with Crippen LogP contribution in [0.1, 0.15) is 17.5 Å². The minimum absolute atomic E-state index is 0.101. The van der Waals surface area contributed by atoms with Gasteiger partial charge in [0.2, 0.25) is 5.91 Å². The van der Waals surface area contributed by atoms with Gasteiger partial charge in [0.1, 0.15) is 6.04 Å². The number of rotatable bonds is 8. The number of hydrogen-bond acceptors (Lipinski definition) is 4. The van der Waals surface area contributed by atoms with E-state index in [1.54, 1.807) is 0 Å². The lowest BCUT2D eigenvalue weighted by molar-refractivity contribution is -0.141. The third-order valence-corrected chi connectivity index (χ3v) is 3.14. The van der Waals surface area contributed by atoms with E-state index in [1.165, 1.54) is 0 Å². The summed E-state index contributed by atoms with van der Waals surface area (Å²) in [7, 11) is 3.81. The van der Waals surface area contributed by atoms with E-state index in [2.05, 4.69) is 10.6 Å². The zero-order valence-corrected chi connectivity index (χ0v) is 13.6. The first-order valence-electron chi connectivity index (χ1n) is 7.27. The zero-order chi connectivity index (χ0) is 16.7. The fourth-order valence-corrected chi connectivity index (χ4v) is 2.15. The number of benzene rings is 1. The maximum atomic E-state index is 12.0. The van der Waals surface area contributed by atoms with Gasteiger partial charge in [-0.2, -0.15) is 0 Å². The summed E-state index contributed by atoms with van der Waals surface area (Å²) < 4.78 is 0. The number of aryl methyl sites for hydroxylation is 2. The Morgan fingerprint density at radius 2 is 1.77 bits per heavy atom. The van der Waals surface area contributed by atoms with E-state index in [1.807, 2.05) is 51.0 Å². The van der Waals surface area contributed by atoms with Crippen LogP contribution in [0.2, 0.25) is 0 Å². The van der Waals surface area contributed by atoms with Crippen LogP contribution in [-0.4, -0.2) is 55.1 Å². The van der Waals surface area contributed by atoms with E-state index in [0.717, 1.165) is 11.1 Å². The molecule has 0 fully saturated rings. The van der Waals surface area contributed by atoms with Gasteiger partial charge in [0.25, 0.3) is 0 Å². The molecule has 22 heavy (non-hydrogen) atoms. The van der Waals surface area contributed by atoms with Crippen molar-refractivity contribution in [2.24, 2.45) is 0 Å². The number of carbonyl (C=O) groups excluding carboxylic acids is 1. The normalized spacial score (nSPS) is 12.2. The quantitative estimate of drug-likeness (QED) is 0.673. The number of amides is 1. The van der Waals surface area contributed by atoms with Crippen LogP contribution in [0.4, 0.5) is 5.69 Å². The summed E-state index contributed by atoms with van der Waals surface area (Å²) in [5.74, 6) is -1.33. The monoisotopic (exact) mass is 307 g/mol. The molecule has 0 heterocycles. The van der Waals surface area contributed by atoms with E-state index < -0.39 is 12.0 Å². The summed E-state index contributed by atoms with van der Waals surface area (Å²) >= 11 is 0. The molecule has 0 unspecified atom stereocenters. The molecule has 0 aliphatic rings. The van der Waals surface area contributed by atoms with Crippen molar-refractivity contribution in [3.8, 4) is 0 Å². The van der Waals surface area contributed by atoms with Crippen LogP contribution >= 0.6 is 0 Å². The first-order valence-corrected chi connectivity index (χ1v) is 7.27. The summed E-state index contributed by atoms with van der Waals surface area (Å²) in [5, 5.41) is 14.8. The highest BCUT2D eigenvalue weighted by atomic mass is 16.4. The molecule has 1 amide bonds. The van der Waals surface area contributed by atoms with E-state index in [-0.39, 0.29) is 12.3 Å². The van der Waals surface area contributed by atoms with Crippen LogP contribution in [0.3, 0.4) is 0 Å². The van der Waals surface area contributed by atoms with Crippen molar-refractivity contribution in [3.05, 3.63) is 29.3 Å². The molecule has 1 aromatic rings. The first-order chi connectivity index (χ1) is 10.3. The molecule has 3 N–H and O–H groups in total. The molecule has 0 aromatic heterocycles. The lowest BCUT2D eigenvalue weighted by Crippen LogP contribution is -2.42. The molecule has 0 saturated carbocycles. The average Bonchev–Trinajstić information content (AvgIpc) is 2.35. The van der Waals surface area contributed by atoms with Gasteiger partial charge in [0, 0.05) is 18.8 Å². The Hall–Kier alpha value is -1.92. The summed E-state index contributed by atoms with van der Waals surface area (Å²) in [4.78, 5) is 25.2. The molecule has 0 aliphatic carbocycles. The second-order valence-electron chi connectivity index (χ2n) is 5.78. The van der Waals surface area contributed by atoms with E-state index in [9.17, 15) is 14.7 Å². The predicted molar refractivity (Wildman–Crippen MR) is 87.1 cm³/mol. The predicted octanol–water partition coefficient (Wildman–Crippen LogP) is 1.24. The number of nitrogens with zero attached hydrogens (tertiary/aromatic N) is 1. The fourth-order valence-electron chi connectivity index (χ4n) is 2.15. The van der Waals surface area contributed by atoms with E-state index in [0.29, 0.717) is 18.8 Å². The Bertz CT molecular complexity index is 509. The molecular formula is C16H25N3O3. The Morgan fingerprint density at radius 1 is 1.18 bits per heavy atom. The number of nitrogens with one attached hydrogen (secondary N) is 2. The highest BCUT2D eigenvalue weighted by molar-refractivity contribution is 5.94. The number of likely N-dealkylation sites (N-methyl/N-ethyl adjacent to an activating group) is 1. The highest BCUT2D eigenvalue weighted by Crippen LogP contribution is 2.14. The van der Waals surface area contributed by atoms with Gasteiger partial charge < -0.3 is 20.6 Å². The van der Waals surface area contributed by atoms with Crippen molar-refractivity contribution in [1.82, 2.24) is 10.2 Å². The maximum Gasteiger partial charge on any atom is 0.321 e. The molecule has 0 spiro atoms. The zero-order valence-electron chi connectivity index (χ0n) is 13.6. The van der Waals surface area contributed by atoms with Crippen LogP contribution < -0.4 is 10.6 Å². The molecule has 6 nitrogen and oxygen atoms in total. The minimum Gasteiger partial charge on any atom is -0.480 e. The van der Waals surface area contributed by atoms with Gasteiger partial charge >= 0.3 is 5.97 Å². The Morgan fingerprint density at radius 3 is 2.27 bits per heavy atom. The third kappa shape index (κ3) is 6.69. The van der Waals surface area contributed by atoms with E-state index >= 15 is 0 Å². The van der Waals surface area contributed by atoms with Crippen LogP contribution in [-0.2, 0) is 9.59 Å². The van der Waals surface area contributed by atoms with Gasteiger partial charge in [-0.1, -0.05) is 6.07 Å². The standard InChI is InChI=1S/C16H25N3O3/c1-11-7-12(2)9-13(8-11)18-15(20)10-14(16(21)22)17-5-6-19(3)4/h7-9,14,17H,5-6,10H2,1-4H3,(H,18,20)(H,21,22)/t14-/m1/s1. The molecule has 1 rings (SSSR count). The topological polar surface area (TPSA) is 81.7 Å². The van der Waals surface area contributed by atoms with Crippen molar-refractivity contribution in [1.29, 1.82) is 0 Å². The number of hydrogen-bond donors (Lipinski definition) is 3. The van der Waals surface area contributed by atoms with Crippen molar-refractivity contribution in [2.45, 2.75) is 26.3 Å². The minimum atomic E-state index is -1.02. The lowest BCUT2D eigenvalue weighted by Gasteiger charge is -2.16. The SMILES string of the molecule is Cc1cc(C)cc(NC(=O)C[C@@H](NCCN(C)C)C(=O)O)c1. The summed E-state index contributed by atoms with van der Waals surface area (Å²) in [6.45, 7) is 5.13. The smallest absolute Gasteiger partial charge is 0.321 e. The molecule has 0 bridgehead atoms. The van der Waals surface area contributed by atoms with Crippen molar-refractivity contribution < 1.29 is 14.7 Å². The second-order valence-corrected chi connectivity index (χ2v) is 5.78. The maximum absolute atomic E-state index is 12.0. The van der Waals surface area contributed by atoms with Gasteiger partial charge in [-0.15, -0.1) is 0 Å². The average molecular weight is 307 g/mol. The van der Waals surface area contributed by atoms with Crippen molar-refractivity contribution in [2.75, 3.05) is 32.5 Å². The molecule has 6 heteroatoms. The second kappa shape index (κ2) is 8.51. The number of carbonyl (C=O) groups is 2. The van der Waals surface area contributed by atoms with Gasteiger partial charge in [-0.05, 0) is 51.2 Å². The molecule has 0 radical (unpaired) electrons. The Kier molecular flexibility index (Phi) is 7.01. The van der Waals surface area contributed by atoms with Crippen LogP contribution in [0.25, 0.3) is 0 Å². The van der Waals surface area contributed by atoms with E-state index in [4.69, 9.17) is 0 Å². The number of anilines is 1. The van der Waals surface area contributed by atoms with Gasteiger partial charge in [-0.25, -0.2) is 0 Å². The van der Waals surface area contributed by atoms with Gasteiger partial charge in [0.05, 0.1) is 6.42 Å². The highest BCUT2D eigenvalue weighted by Gasteiger charge is 2.20. The number of carboxylic acids is 1. The van der Waals surface area contributed by atoms with Crippen molar-refractivity contribution >= 4 is 17.6 Å². The van der Waals surface area contributed by atoms with Gasteiger partial charge in [-0.3, -0.25) is 9.59 Å². The summed E-state index contributed by atoms with van der Waals surface area (Å²) in [6, 6.07) is 4.85. The molecule has 122 valence electrons. The molecule has 1 atom stereocenters. The lowest BCUT2D eigenvalue weighted by atomic mass is 10.1. The fraction of sp³-hybridized carbons (Fsp3) is 0.500. The Labute approximate surface area is 131 Å². The van der Waals surface area contributed by atoms with Crippen molar-refractivity contribution in [3.63, 3.8) is 0 Å². The van der Waals surface area contributed by atoms with Gasteiger partial charge in [0.15, 0.2) is 0 Å². The molecule has 0 aliphatic heterocycles. The number of carboxylic acid groups (broad SMARTS) is 1. The molecular weight excluding hydrogens is 282 g/mol. The molecule has 1 aromatic carbocycles. The van der Waals surface area contributed by atoms with Crippen LogP contribution in [0, 0.1) is 13.8 Å². The third-order valence-electron chi connectivity index (χ3n) is 3.14.